The Labute approximate surface area is 174 Å². The number of rotatable bonds is 3. The number of imide groups is 1. The number of hydrogen-bond acceptors (Lipinski definition) is 5. The number of benzene rings is 1. The molecule has 2 saturated heterocycles. The summed E-state index contributed by atoms with van der Waals surface area (Å²) in [6.07, 6.45) is 2.62. The van der Waals surface area contributed by atoms with Crippen LogP contribution in [0.1, 0.15) is 53.2 Å². The minimum absolute atomic E-state index is 0.157. The van der Waals surface area contributed by atoms with E-state index in [0.29, 0.717) is 24.4 Å². The van der Waals surface area contributed by atoms with Crippen molar-refractivity contribution in [1.82, 2.24) is 20.0 Å². The highest BCUT2D eigenvalue weighted by Crippen LogP contribution is 2.33. The molecule has 0 bridgehead atoms. The Morgan fingerprint density at radius 2 is 1.90 bits per heavy atom. The van der Waals surface area contributed by atoms with E-state index in [2.05, 4.69) is 11.4 Å². The Morgan fingerprint density at radius 1 is 1.10 bits per heavy atom. The fourth-order valence-electron chi connectivity index (χ4n) is 4.73. The van der Waals surface area contributed by atoms with Gasteiger partial charge in [-0.1, -0.05) is 6.07 Å². The van der Waals surface area contributed by atoms with Crippen LogP contribution in [0.3, 0.4) is 0 Å². The summed E-state index contributed by atoms with van der Waals surface area (Å²) >= 11 is 0. The molecule has 1 unspecified atom stereocenters. The summed E-state index contributed by atoms with van der Waals surface area (Å²) in [4.78, 5) is 38.1. The summed E-state index contributed by atoms with van der Waals surface area (Å²) in [5.74, 6) is -0.379. The van der Waals surface area contributed by atoms with E-state index in [9.17, 15) is 14.4 Å². The lowest BCUT2D eigenvalue weighted by Crippen LogP contribution is -2.52. The first kappa shape index (κ1) is 19.0. The van der Waals surface area contributed by atoms with E-state index in [0.717, 1.165) is 42.9 Å². The molecule has 0 spiro atoms. The van der Waals surface area contributed by atoms with Gasteiger partial charge in [-0.05, 0) is 43.0 Å². The lowest BCUT2D eigenvalue weighted by molar-refractivity contribution is -0.136. The van der Waals surface area contributed by atoms with Crippen LogP contribution in [0.2, 0.25) is 0 Å². The lowest BCUT2D eigenvalue weighted by Gasteiger charge is -2.29. The van der Waals surface area contributed by atoms with Crippen LogP contribution in [0.25, 0.3) is 11.3 Å². The smallest absolute Gasteiger partial charge is 0.255 e. The van der Waals surface area contributed by atoms with Gasteiger partial charge < -0.3 is 9.64 Å². The number of aryl methyl sites for hydroxylation is 1. The van der Waals surface area contributed by atoms with Crippen LogP contribution in [0, 0.1) is 0 Å². The van der Waals surface area contributed by atoms with Crippen LogP contribution in [0.5, 0.6) is 0 Å². The van der Waals surface area contributed by atoms with Gasteiger partial charge in [0.15, 0.2) is 0 Å². The first-order valence-electron chi connectivity index (χ1n) is 10.4. The monoisotopic (exact) mass is 408 g/mol. The fraction of sp³-hybridized carbons (Fsp3) is 0.455. The summed E-state index contributed by atoms with van der Waals surface area (Å²) in [6, 6.07) is 7.27. The second-order valence-electron chi connectivity index (χ2n) is 8.24. The fourth-order valence-corrected chi connectivity index (χ4v) is 4.73. The minimum Gasteiger partial charge on any atom is -0.381 e. The summed E-state index contributed by atoms with van der Waals surface area (Å²) in [5, 5.41) is 7.04. The van der Waals surface area contributed by atoms with E-state index in [4.69, 9.17) is 9.84 Å². The Kier molecular flexibility index (Phi) is 4.66. The molecule has 1 aromatic heterocycles. The average Bonchev–Trinajstić information content (AvgIpc) is 3.29. The molecule has 30 heavy (non-hydrogen) atoms. The van der Waals surface area contributed by atoms with Crippen molar-refractivity contribution in [3.05, 3.63) is 41.1 Å². The maximum absolute atomic E-state index is 12.9. The molecule has 0 saturated carbocycles. The van der Waals surface area contributed by atoms with Crippen molar-refractivity contribution < 1.29 is 19.1 Å². The number of carbonyl (C=O) groups is 3. The van der Waals surface area contributed by atoms with Crippen LogP contribution in [-0.4, -0.2) is 51.7 Å². The van der Waals surface area contributed by atoms with Crippen molar-refractivity contribution in [1.29, 1.82) is 0 Å². The van der Waals surface area contributed by atoms with Gasteiger partial charge in [-0.3, -0.25) is 24.4 Å². The van der Waals surface area contributed by atoms with E-state index in [1.165, 1.54) is 5.69 Å². The highest BCUT2D eigenvalue weighted by molar-refractivity contribution is 6.05. The van der Waals surface area contributed by atoms with E-state index in [1.807, 2.05) is 29.9 Å². The van der Waals surface area contributed by atoms with Gasteiger partial charge in [-0.15, -0.1) is 0 Å². The van der Waals surface area contributed by atoms with Gasteiger partial charge in [-0.2, -0.15) is 5.10 Å². The van der Waals surface area contributed by atoms with Crippen molar-refractivity contribution in [3.8, 4) is 11.3 Å². The molecular formula is C22H24N4O4. The molecule has 1 N–H and O–H groups in total. The molecule has 3 aliphatic heterocycles. The van der Waals surface area contributed by atoms with Crippen molar-refractivity contribution in [2.75, 3.05) is 13.2 Å². The van der Waals surface area contributed by atoms with Crippen LogP contribution in [-0.2, 0) is 27.9 Å². The van der Waals surface area contributed by atoms with Crippen LogP contribution in [0.4, 0.5) is 0 Å². The average molecular weight is 408 g/mol. The minimum atomic E-state index is -0.596. The van der Waals surface area contributed by atoms with E-state index < -0.39 is 11.9 Å². The number of fused-ring (bicyclic) bond motifs is 1. The molecule has 4 heterocycles. The maximum Gasteiger partial charge on any atom is 0.255 e. The topological polar surface area (TPSA) is 93.5 Å². The molecule has 2 fully saturated rings. The second kappa shape index (κ2) is 7.36. The Hall–Kier alpha value is -3.00. The number of carbonyl (C=O) groups excluding carboxylic acids is 3. The molecule has 3 aliphatic rings. The summed E-state index contributed by atoms with van der Waals surface area (Å²) < 4.78 is 7.42. The molecule has 1 aromatic carbocycles. The molecule has 3 amide bonds. The van der Waals surface area contributed by atoms with Crippen molar-refractivity contribution in [2.45, 2.75) is 44.2 Å². The zero-order valence-corrected chi connectivity index (χ0v) is 16.9. The second-order valence-corrected chi connectivity index (χ2v) is 8.24. The number of hydrogen-bond donors (Lipinski definition) is 1. The van der Waals surface area contributed by atoms with E-state index >= 15 is 0 Å². The molecule has 1 atom stereocenters. The highest BCUT2D eigenvalue weighted by Gasteiger charge is 2.39. The van der Waals surface area contributed by atoms with Gasteiger partial charge in [0.2, 0.25) is 11.8 Å². The third-order valence-electron chi connectivity index (χ3n) is 6.37. The van der Waals surface area contributed by atoms with Gasteiger partial charge in [0.1, 0.15) is 6.04 Å². The number of piperidine rings is 1. The maximum atomic E-state index is 12.9. The lowest BCUT2D eigenvalue weighted by atomic mass is 9.95. The zero-order valence-electron chi connectivity index (χ0n) is 16.9. The SMILES string of the molecule is Cn1nc(-c2ccc3c(c2)CN(C2CCC(=O)NC2=O)C3=O)cc1C1CCOCC1. The number of aromatic nitrogens is 2. The number of nitrogens with zero attached hydrogens (tertiary/aromatic N) is 3. The van der Waals surface area contributed by atoms with E-state index in [1.54, 1.807) is 4.90 Å². The molecular weight excluding hydrogens is 384 g/mol. The van der Waals surface area contributed by atoms with Crippen LogP contribution < -0.4 is 5.32 Å². The number of nitrogens with one attached hydrogen (secondary N) is 1. The van der Waals surface area contributed by atoms with Crippen molar-refractivity contribution in [3.63, 3.8) is 0 Å². The third kappa shape index (κ3) is 3.21. The Balaban J connectivity index is 1.40. The van der Waals surface area contributed by atoms with Gasteiger partial charge in [0, 0.05) is 56.0 Å². The largest absolute Gasteiger partial charge is 0.381 e. The Morgan fingerprint density at radius 3 is 2.67 bits per heavy atom. The van der Waals surface area contributed by atoms with E-state index in [-0.39, 0.29) is 18.2 Å². The molecule has 156 valence electrons. The normalized spacial score (nSPS) is 22.4. The predicted octanol–water partition coefficient (Wildman–Crippen LogP) is 1.74. The Bertz CT molecular complexity index is 1040. The molecule has 5 rings (SSSR count). The van der Waals surface area contributed by atoms with Crippen molar-refractivity contribution in [2.24, 2.45) is 7.05 Å². The predicted molar refractivity (Wildman–Crippen MR) is 107 cm³/mol. The first-order valence-corrected chi connectivity index (χ1v) is 10.4. The van der Waals surface area contributed by atoms with Gasteiger partial charge in [0.25, 0.3) is 5.91 Å². The van der Waals surface area contributed by atoms with Gasteiger partial charge in [-0.25, -0.2) is 0 Å². The summed E-state index contributed by atoms with van der Waals surface area (Å²) in [7, 11) is 1.97. The van der Waals surface area contributed by atoms with Crippen LogP contribution >= 0.6 is 0 Å². The van der Waals surface area contributed by atoms with Crippen molar-refractivity contribution >= 4 is 17.7 Å². The quantitative estimate of drug-likeness (QED) is 0.781. The summed E-state index contributed by atoms with van der Waals surface area (Å²) in [6.45, 7) is 1.93. The molecule has 8 heteroatoms. The van der Waals surface area contributed by atoms with Gasteiger partial charge >= 0.3 is 0 Å². The molecule has 8 nitrogen and oxygen atoms in total. The van der Waals surface area contributed by atoms with Crippen LogP contribution in [0.15, 0.2) is 24.3 Å². The summed E-state index contributed by atoms with van der Waals surface area (Å²) in [5.41, 5.74) is 4.55. The number of amides is 3. The number of ether oxygens (including phenoxy) is 1. The first-order chi connectivity index (χ1) is 14.5. The molecule has 0 aliphatic carbocycles. The third-order valence-corrected chi connectivity index (χ3v) is 6.37. The standard InChI is InChI=1S/C22H24N4O4/c1-25-19(13-6-8-30-9-7-13)11-17(24-25)14-2-3-16-15(10-14)12-26(22(16)29)18-4-5-20(27)23-21(18)28/h2-3,10-11,13,18H,4-9,12H2,1H3,(H,23,27,28). The zero-order chi connectivity index (χ0) is 20.8. The molecule has 0 radical (unpaired) electrons. The molecule has 2 aromatic rings. The highest BCUT2D eigenvalue weighted by atomic mass is 16.5. The van der Waals surface area contributed by atoms with Gasteiger partial charge in [0.05, 0.1) is 5.69 Å².